The topological polar surface area (TPSA) is 51.2 Å². The highest BCUT2D eigenvalue weighted by Crippen LogP contribution is 2.56. The Morgan fingerprint density at radius 2 is 2.12 bits per heavy atom. The van der Waals surface area contributed by atoms with Gasteiger partial charge in [0.2, 0.25) is 0 Å². The molecule has 0 aliphatic heterocycles. The van der Waals surface area contributed by atoms with E-state index in [4.69, 9.17) is 4.74 Å². The van der Waals surface area contributed by atoms with E-state index in [1.165, 1.54) is 12.1 Å². The van der Waals surface area contributed by atoms with Crippen LogP contribution in [0.2, 0.25) is 0 Å². The fourth-order valence-electron chi connectivity index (χ4n) is 4.08. The van der Waals surface area contributed by atoms with Crippen molar-refractivity contribution in [1.82, 2.24) is 4.98 Å². The molecule has 5 heteroatoms. The first-order chi connectivity index (χ1) is 11.7. The molecule has 2 aliphatic rings. The minimum Gasteiger partial charge on any atom is -0.461 e. The van der Waals surface area contributed by atoms with Gasteiger partial charge in [0.05, 0.1) is 18.5 Å². The Bertz CT molecular complexity index is 806. The summed E-state index contributed by atoms with van der Waals surface area (Å²) in [6, 6.07) is 6.37. The van der Waals surface area contributed by atoms with E-state index in [0.717, 1.165) is 36.1 Å². The lowest BCUT2D eigenvalue weighted by Gasteiger charge is -2.21. The predicted molar refractivity (Wildman–Crippen MR) is 89.2 cm³/mol. The van der Waals surface area contributed by atoms with Crippen molar-refractivity contribution in [3.8, 4) is 0 Å². The number of hydrogen-bond acceptors (Lipinski definition) is 4. The van der Waals surface area contributed by atoms with Crippen molar-refractivity contribution in [2.75, 3.05) is 11.9 Å². The summed E-state index contributed by atoms with van der Waals surface area (Å²) in [7, 11) is 0. The molecule has 0 spiro atoms. The Hall–Kier alpha value is -2.43. The molecule has 1 aromatic heterocycles. The monoisotopic (exact) mass is 326 g/mol. The number of aromatic nitrogens is 1. The highest BCUT2D eigenvalue weighted by atomic mass is 19.1. The molecule has 1 fully saturated rings. The Labute approximate surface area is 140 Å². The number of fused-ring (bicyclic) bond motifs is 5. The van der Waals surface area contributed by atoms with E-state index in [-0.39, 0.29) is 11.8 Å². The molecule has 1 aromatic carbocycles. The molecule has 0 radical (unpaired) electrons. The lowest BCUT2D eigenvalue weighted by molar-refractivity contribution is 0.0517. The molecule has 0 amide bonds. The summed E-state index contributed by atoms with van der Waals surface area (Å²) in [6.07, 6.45) is 4.96. The number of carbonyl (C=O) groups is 1. The summed E-state index contributed by atoms with van der Waals surface area (Å²) in [6.45, 7) is 2.14. The van der Waals surface area contributed by atoms with Crippen molar-refractivity contribution < 1.29 is 13.9 Å². The second kappa shape index (κ2) is 5.89. The second-order valence-corrected chi connectivity index (χ2v) is 6.41. The zero-order valence-corrected chi connectivity index (χ0v) is 13.5. The van der Waals surface area contributed by atoms with Crippen LogP contribution in [0.25, 0.3) is 0 Å². The van der Waals surface area contributed by atoms with Gasteiger partial charge in [-0.2, -0.15) is 0 Å². The normalized spacial score (nSPS) is 20.8. The first-order valence-electron chi connectivity index (χ1n) is 8.40. The molecule has 4 rings (SSSR count). The summed E-state index contributed by atoms with van der Waals surface area (Å²) < 4.78 is 18.6. The molecule has 4 nitrogen and oxygen atoms in total. The number of hydrogen-bond donors (Lipinski definition) is 1. The molecule has 1 N–H and O–H groups in total. The van der Waals surface area contributed by atoms with Gasteiger partial charge in [0.15, 0.2) is 5.69 Å². The minimum atomic E-state index is -0.349. The predicted octanol–water partition coefficient (Wildman–Crippen LogP) is 4.51. The third kappa shape index (κ3) is 2.44. The number of ether oxygens (including phenoxy) is 1. The largest absolute Gasteiger partial charge is 0.461 e. The van der Waals surface area contributed by atoms with Gasteiger partial charge in [0, 0.05) is 5.69 Å². The van der Waals surface area contributed by atoms with Gasteiger partial charge in [-0.1, -0.05) is 6.07 Å². The Morgan fingerprint density at radius 3 is 2.88 bits per heavy atom. The molecule has 1 heterocycles. The van der Waals surface area contributed by atoms with Gasteiger partial charge in [0.25, 0.3) is 0 Å². The van der Waals surface area contributed by atoms with Crippen LogP contribution in [0.1, 0.15) is 59.6 Å². The van der Waals surface area contributed by atoms with Crippen LogP contribution in [0, 0.1) is 5.82 Å². The lowest BCUT2D eigenvalue weighted by Crippen LogP contribution is -2.15. The fourth-order valence-corrected chi connectivity index (χ4v) is 4.08. The van der Waals surface area contributed by atoms with Crippen molar-refractivity contribution >= 4 is 17.3 Å². The van der Waals surface area contributed by atoms with Crippen LogP contribution in [0.3, 0.4) is 0 Å². The molecule has 2 atom stereocenters. The number of benzene rings is 1. The fraction of sp³-hybridized carbons (Fsp3) is 0.368. The van der Waals surface area contributed by atoms with E-state index in [2.05, 4.69) is 10.3 Å². The summed E-state index contributed by atoms with van der Waals surface area (Å²) in [5, 5.41) is 3.27. The van der Waals surface area contributed by atoms with E-state index in [0.29, 0.717) is 29.8 Å². The number of carbonyl (C=O) groups excluding carboxylic acids is 1. The van der Waals surface area contributed by atoms with Gasteiger partial charge in [-0.05, 0) is 67.3 Å². The number of nitrogens with zero attached hydrogens (tertiary/aromatic N) is 1. The van der Waals surface area contributed by atoms with Crippen molar-refractivity contribution in [1.29, 1.82) is 0 Å². The van der Waals surface area contributed by atoms with E-state index < -0.39 is 0 Å². The van der Waals surface area contributed by atoms with Crippen LogP contribution in [-0.2, 0) is 4.74 Å². The van der Waals surface area contributed by atoms with E-state index in [1.807, 2.05) is 6.07 Å². The molecule has 2 bridgehead atoms. The highest BCUT2D eigenvalue weighted by molar-refractivity contribution is 5.91. The molecular weight excluding hydrogens is 307 g/mol. The Kier molecular flexibility index (Phi) is 3.71. The van der Waals surface area contributed by atoms with E-state index in [9.17, 15) is 9.18 Å². The third-order valence-electron chi connectivity index (χ3n) is 4.98. The van der Waals surface area contributed by atoms with Crippen LogP contribution in [0.15, 0.2) is 30.5 Å². The van der Waals surface area contributed by atoms with Crippen molar-refractivity contribution in [3.05, 3.63) is 53.1 Å². The molecule has 24 heavy (non-hydrogen) atoms. The smallest absolute Gasteiger partial charge is 0.357 e. The molecule has 2 aromatic rings. The average Bonchev–Trinajstić information content (AvgIpc) is 3.17. The van der Waals surface area contributed by atoms with Gasteiger partial charge >= 0.3 is 5.97 Å². The molecular formula is C19H19FN2O2. The number of rotatable bonds is 4. The highest BCUT2D eigenvalue weighted by Gasteiger charge is 2.42. The first kappa shape index (κ1) is 15.1. The summed E-state index contributed by atoms with van der Waals surface area (Å²) in [5.41, 5.74) is 4.20. The van der Waals surface area contributed by atoms with Crippen LogP contribution >= 0.6 is 0 Å². The SMILES string of the molecule is CCOC(=O)c1ncc(Nc2cccc(F)c2)c2c1C1CCC2C1. The summed E-state index contributed by atoms with van der Waals surface area (Å²) >= 11 is 0. The van der Waals surface area contributed by atoms with Crippen LogP contribution in [0.5, 0.6) is 0 Å². The molecule has 2 unspecified atom stereocenters. The minimum absolute atomic E-state index is 0.283. The molecule has 0 saturated heterocycles. The van der Waals surface area contributed by atoms with Crippen molar-refractivity contribution in [3.63, 3.8) is 0 Å². The van der Waals surface area contributed by atoms with Crippen LogP contribution in [-0.4, -0.2) is 17.6 Å². The standard InChI is InChI=1S/C19H19FN2O2/c1-2-24-19(23)18-17-12-7-6-11(8-12)16(17)15(10-21-18)22-14-5-3-4-13(20)9-14/h3-5,9-12,22H,2,6-8H2,1H3. The maximum Gasteiger partial charge on any atom is 0.357 e. The maximum absolute atomic E-state index is 13.4. The van der Waals surface area contributed by atoms with Crippen molar-refractivity contribution in [2.45, 2.75) is 38.0 Å². The number of pyridine rings is 1. The molecule has 1 saturated carbocycles. The van der Waals surface area contributed by atoms with E-state index in [1.54, 1.807) is 19.2 Å². The Balaban J connectivity index is 1.76. The maximum atomic E-state index is 13.4. The lowest BCUT2D eigenvalue weighted by atomic mass is 9.89. The second-order valence-electron chi connectivity index (χ2n) is 6.41. The van der Waals surface area contributed by atoms with Gasteiger partial charge in [0.1, 0.15) is 5.82 Å². The first-order valence-corrected chi connectivity index (χ1v) is 8.40. The number of esters is 1. The zero-order valence-electron chi connectivity index (χ0n) is 13.5. The summed E-state index contributed by atoms with van der Waals surface area (Å²) in [5.74, 6) is 0.191. The average molecular weight is 326 g/mol. The zero-order chi connectivity index (χ0) is 16.7. The van der Waals surface area contributed by atoms with Crippen LogP contribution in [0.4, 0.5) is 15.8 Å². The number of nitrogens with one attached hydrogen (secondary N) is 1. The van der Waals surface area contributed by atoms with Gasteiger partial charge in [-0.15, -0.1) is 0 Å². The molecule has 124 valence electrons. The van der Waals surface area contributed by atoms with E-state index >= 15 is 0 Å². The van der Waals surface area contributed by atoms with Gasteiger partial charge in [-0.25, -0.2) is 14.2 Å². The van der Waals surface area contributed by atoms with Gasteiger partial charge in [-0.3, -0.25) is 0 Å². The number of anilines is 2. The Morgan fingerprint density at radius 1 is 1.33 bits per heavy atom. The van der Waals surface area contributed by atoms with Crippen molar-refractivity contribution in [2.24, 2.45) is 0 Å². The number of halogens is 1. The molecule has 2 aliphatic carbocycles. The third-order valence-corrected chi connectivity index (χ3v) is 4.98. The summed E-state index contributed by atoms with van der Waals surface area (Å²) in [4.78, 5) is 16.6. The van der Waals surface area contributed by atoms with Crippen LogP contribution < -0.4 is 5.32 Å². The quantitative estimate of drug-likeness (QED) is 0.840. The van der Waals surface area contributed by atoms with Gasteiger partial charge < -0.3 is 10.1 Å².